The monoisotopic (exact) mass is 412 g/mol. The first-order valence-electron chi connectivity index (χ1n) is 10.3. The van der Waals surface area contributed by atoms with Crippen molar-refractivity contribution in [2.24, 2.45) is 5.41 Å². The normalized spacial score (nSPS) is 24.4. The summed E-state index contributed by atoms with van der Waals surface area (Å²) in [7, 11) is 1.76. The molecular weight excluding hydrogens is 383 g/mol. The van der Waals surface area contributed by atoms with E-state index in [9.17, 15) is 4.39 Å². The number of allylic oxidation sites excluding steroid dienone is 3. The topological polar surface area (TPSA) is 41.1 Å². The molecule has 6 nitrogen and oxygen atoms in total. The predicted molar refractivity (Wildman–Crippen MR) is 114 cm³/mol. The summed E-state index contributed by atoms with van der Waals surface area (Å²) < 4.78 is 25.0. The van der Waals surface area contributed by atoms with Crippen molar-refractivity contribution in [2.45, 2.75) is 32.7 Å². The zero-order valence-corrected chi connectivity index (χ0v) is 17.8. The molecule has 30 heavy (non-hydrogen) atoms. The summed E-state index contributed by atoms with van der Waals surface area (Å²) in [6.45, 7) is 8.62. The van der Waals surface area contributed by atoms with Crippen molar-refractivity contribution in [3.05, 3.63) is 47.8 Å². The van der Waals surface area contributed by atoms with E-state index in [0.29, 0.717) is 13.0 Å². The van der Waals surface area contributed by atoms with Crippen LogP contribution in [0.15, 0.2) is 41.9 Å². The Morgan fingerprint density at radius 3 is 2.80 bits per heavy atom. The summed E-state index contributed by atoms with van der Waals surface area (Å²) >= 11 is 0. The Labute approximate surface area is 177 Å². The Hall–Kier alpha value is -2.56. The van der Waals surface area contributed by atoms with Gasteiger partial charge < -0.3 is 19.3 Å². The number of aromatic nitrogens is 1. The van der Waals surface area contributed by atoms with E-state index >= 15 is 0 Å². The van der Waals surface area contributed by atoms with E-state index in [1.807, 2.05) is 12.2 Å². The second kappa shape index (κ2) is 8.29. The number of terminal acetylenes is 1. The largest absolute Gasteiger partial charge is 0.490 e. The van der Waals surface area contributed by atoms with E-state index in [1.165, 1.54) is 12.3 Å². The van der Waals surface area contributed by atoms with Crippen LogP contribution in [-0.4, -0.2) is 67.1 Å². The molecule has 3 aliphatic heterocycles. The van der Waals surface area contributed by atoms with Crippen molar-refractivity contribution < 1.29 is 13.9 Å². The second-order valence-corrected chi connectivity index (χ2v) is 8.49. The van der Waals surface area contributed by atoms with Gasteiger partial charge in [0.25, 0.3) is 0 Å². The quantitative estimate of drug-likeness (QED) is 0.670. The van der Waals surface area contributed by atoms with Crippen LogP contribution in [0.2, 0.25) is 0 Å². The summed E-state index contributed by atoms with van der Waals surface area (Å²) in [5.74, 6) is 4.00. The van der Waals surface area contributed by atoms with E-state index in [4.69, 9.17) is 15.9 Å². The van der Waals surface area contributed by atoms with E-state index in [2.05, 4.69) is 39.5 Å². The van der Waals surface area contributed by atoms with E-state index in [0.717, 1.165) is 43.5 Å². The molecule has 4 heterocycles. The first-order valence-corrected chi connectivity index (χ1v) is 10.3. The van der Waals surface area contributed by atoms with Crippen LogP contribution in [0.3, 0.4) is 0 Å². The molecule has 3 aliphatic rings. The van der Waals surface area contributed by atoms with Gasteiger partial charge in [-0.2, -0.15) is 0 Å². The van der Waals surface area contributed by atoms with Gasteiger partial charge in [-0.1, -0.05) is 6.08 Å². The van der Waals surface area contributed by atoms with Crippen molar-refractivity contribution in [2.75, 3.05) is 44.8 Å². The second-order valence-electron chi connectivity index (χ2n) is 8.49. The number of likely N-dealkylation sites (tertiary alicyclic amines) is 1. The molecule has 0 aromatic carbocycles. The van der Waals surface area contributed by atoms with Gasteiger partial charge in [0.1, 0.15) is 24.0 Å². The van der Waals surface area contributed by atoms with Gasteiger partial charge in [0.15, 0.2) is 6.35 Å². The molecule has 7 heteroatoms. The van der Waals surface area contributed by atoms with Gasteiger partial charge in [0.2, 0.25) is 0 Å². The number of anilines is 1. The molecule has 2 unspecified atom stereocenters. The highest BCUT2D eigenvalue weighted by Gasteiger charge is 2.55. The van der Waals surface area contributed by atoms with Gasteiger partial charge in [0.05, 0.1) is 17.9 Å². The molecule has 1 aromatic heterocycles. The van der Waals surface area contributed by atoms with Gasteiger partial charge in [-0.25, -0.2) is 9.37 Å². The Bertz CT molecular complexity index is 862. The highest BCUT2D eigenvalue weighted by molar-refractivity contribution is 5.44. The molecule has 4 rings (SSSR count). The fourth-order valence-electron chi connectivity index (χ4n) is 4.73. The minimum Gasteiger partial charge on any atom is -0.490 e. The molecule has 1 spiro atoms. The summed E-state index contributed by atoms with van der Waals surface area (Å²) in [4.78, 5) is 11.1. The number of hydrogen-bond acceptors (Lipinski definition) is 6. The third-order valence-electron chi connectivity index (χ3n) is 6.13. The van der Waals surface area contributed by atoms with Crippen LogP contribution in [0.5, 0.6) is 0 Å². The summed E-state index contributed by atoms with van der Waals surface area (Å²) in [5, 5.41) is 0. The molecular formula is C23H29FN4O2. The highest BCUT2D eigenvalue weighted by atomic mass is 19.1. The lowest BCUT2D eigenvalue weighted by Gasteiger charge is -2.63. The van der Waals surface area contributed by atoms with Crippen LogP contribution in [0.4, 0.5) is 10.2 Å². The number of halogens is 1. The molecule has 0 bridgehead atoms. The Kier molecular flexibility index (Phi) is 5.72. The maximum atomic E-state index is 13.1. The zero-order chi connectivity index (χ0) is 21.3. The molecule has 1 aromatic rings. The minimum atomic E-state index is -0.302. The van der Waals surface area contributed by atoms with Crippen molar-refractivity contribution in [1.82, 2.24) is 14.8 Å². The SMILES string of the molecule is C#CC/C=C\C1=C(C)N(C(OC)N2CC3(CN(c4ccc(F)cn4)C3)C2)C(C)CO1. The van der Waals surface area contributed by atoms with Crippen molar-refractivity contribution in [3.8, 4) is 12.3 Å². The van der Waals surface area contributed by atoms with Gasteiger partial charge in [-0.15, -0.1) is 12.3 Å². The van der Waals surface area contributed by atoms with E-state index < -0.39 is 0 Å². The molecule has 2 fully saturated rings. The highest BCUT2D eigenvalue weighted by Crippen LogP contribution is 2.43. The van der Waals surface area contributed by atoms with Crippen LogP contribution in [-0.2, 0) is 9.47 Å². The smallest absolute Gasteiger partial charge is 0.189 e. The maximum Gasteiger partial charge on any atom is 0.189 e. The van der Waals surface area contributed by atoms with Crippen molar-refractivity contribution in [3.63, 3.8) is 0 Å². The standard InChI is InChI=1S/C23H29FN4O2/c1-5-6-7-8-20-18(3)28(17(2)12-30-20)22(29-4)27-15-23(16-27)13-26(14-23)21-10-9-19(24)11-25-21/h1,7-11,17,22H,6,12-16H2,2-4H3/b8-7-. The Morgan fingerprint density at radius 1 is 1.40 bits per heavy atom. The molecule has 2 saturated heterocycles. The van der Waals surface area contributed by atoms with Crippen molar-refractivity contribution in [1.29, 1.82) is 0 Å². The zero-order valence-electron chi connectivity index (χ0n) is 17.8. The van der Waals surface area contributed by atoms with Crippen LogP contribution >= 0.6 is 0 Å². The average molecular weight is 413 g/mol. The molecule has 0 saturated carbocycles. The van der Waals surface area contributed by atoms with Crippen molar-refractivity contribution >= 4 is 5.82 Å². The van der Waals surface area contributed by atoms with Crippen LogP contribution in [0, 0.1) is 23.6 Å². The summed E-state index contributed by atoms with van der Waals surface area (Å²) in [5.41, 5.74) is 1.32. The average Bonchev–Trinajstić information content (AvgIpc) is 2.67. The molecule has 0 N–H and O–H groups in total. The summed E-state index contributed by atoms with van der Waals surface area (Å²) in [6, 6.07) is 3.42. The molecule has 0 radical (unpaired) electrons. The number of ether oxygens (including phenoxy) is 2. The molecule has 0 amide bonds. The number of hydrogen-bond donors (Lipinski definition) is 0. The third kappa shape index (κ3) is 3.78. The van der Waals surface area contributed by atoms with Gasteiger partial charge in [0, 0.05) is 45.1 Å². The first kappa shape index (κ1) is 20.7. The van der Waals surface area contributed by atoms with E-state index in [-0.39, 0.29) is 23.6 Å². The fourth-order valence-corrected chi connectivity index (χ4v) is 4.73. The minimum absolute atomic E-state index is 0.136. The lowest BCUT2D eigenvalue weighted by atomic mass is 9.73. The Balaban J connectivity index is 1.40. The third-order valence-corrected chi connectivity index (χ3v) is 6.13. The van der Waals surface area contributed by atoms with Gasteiger partial charge in [-0.3, -0.25) is 4.90 Å². The lowest BCUT2D eigenvalue weighted by molar-refractivity contribution is -0.205. The first-order chi connectivity index (χ1) is 14.5. The number of rotatable bonds is 6. The molecule has 160 valence electrons. The predicted octanol–water partition coefficient (Wildman–Crippen LogP) is 2.80. The number of methoxy groups -OCH3 is 1. The van der Waals surface area contributed by atoms with Crippen LogP contribution < -0.4 is 4.90 Å². The molecule has 2 atom stereocenters. The van der Waals surface area contributed by atoms with Crippen LogP contribution in [0.25, 0.3) is 0 Å². The summed E-state index contributed by atoms with van der Waals surface area (Å²) in [6.07, 6.45) is 11.0. The number of nitrogens with zero attached hydrogens (tertiary/aromatic N) is 4. The van der Waals surface area contributed by atoms with Crippen LogP contribution in [0.1, 0.15) is 20.3 Å². The van der Waals surface area contributed by atoms with Gasteiger partial charge in [-0.05, 0) is 32.1 Å². The Morgan fingerprint density at radius 2 is 2.17 bits per heavy atom. The molecule has 0 aliphatic carbocycles. The fraction of sp³-hybridized carbons (Fsp3) is 0.522. The van der Waals surface area contributed by atoms with E-state index in [1.54, 1.807) is 13.2 Å². The number of pyridine rings is 1. The lowest BCUT2D eigenvalue weighted by Crippen LogP contribution is -2.75. The van der Waals surface area contributed by atoms with Gasteiger partial charge >= 0.3 is 0 Å². The maximum absolute atomic E-state index is 13.1.